The molecule has 33 heavy (non-hydrogen) atoms. The summed E-state index contributed by atoms with van der Waals surface area (Å²) in [6, 6.07) is 11.2. The van der Waals surface area contributed by atoms with E-state index < -0.39 is 17.7 Å². The van der Waals surface area contributed by atoms with Crippen molar-refractivity contribution in [3.8, 4) is 11.5 Å². The lowest BCUT2D eigenvalue weighted by Crippen LogP contribution is -3.14. The Morgan fingerprint density at radius 3 is 2.67 bits per heavy atom. The van der Waals surface area contributed by atoms with Crippen LogP contribution in [0.1, 0.15) is 17.2 Å². The molecule has 1 amide bonds. The van der Waals surface area contributed by atoms with Gasteiger partial charge in [-0.15, -0.1) is 0 Å². The quantitative estimate of drug-likeness (QED) is 0.389. The number of hydrogen-bond acceptors (Lipinski definition) is 6. The van der Waals surface area contributed by atoms with Gasteiger partial charge in [-0.3, -0.25) is 9.59 Å². The van der Waals surface area contributed by atoms with Crippen LogP contribution in [0.5, 0.6) is 11.5 Å². The molecule has 2 aromatic carbocycles. The van der Waals surface area contributed by atoms with Crippen LogP contribution >= 0.6 is 11.6 Å². The molecule has 5 rings (SSSR count). The third-order valence-electron chi connectivity index (χ3n) is 6.26. The summed E-state index contributed by atoms with van der Waals surface area (Å²) in [7, 11) is 0. The van der Waals surface area contributed by atoms with Gasteiger partial charge < -0.3 is 29.1 Å². The maximum Gasteiger partial charge on any atom is 0.295 e. The number of carbonyl (C=O) groups excluding carboxylic acids is 2. The molecule has 9 heteroatoms. The maximum absolute atomic E-state index is 13.2. The molecule has 0 spiro atoms. The Balaban J connectivity index is 1.54. The van der Waals surface area contributed by atoms with Gasteiger partial charge in [0.05, 0.1) is 37.9 Å². The fraction of sp³-hybridized carbons (Fsp3) is 0.333. The number of halogens is 1. The Labute approximate surface area is 195 Å². The molecule has 2 saturated heterocycles. The molecule has 0 radical (unpaired) electrons. The van der Waals surface area contributed by atoms with E-state index in [9.17, 15) is 14.7 Å². The minimum Gasteiger partial charge on any atom is -0.507 e. The lowest BCUT2D eigenvalue weighted by atomic mass is 9.95. The number of quaternary nitrogens is 1. The fourth-order valence-corrected chi connectivity index (χ4v) is 4.72. The number of nitrogens with zero attached hydrogens (tertiary/aromatic N) is 1. The average Bonchev–Trinajstić information content (AvgIpc) is 3.40. The lowest BCUT2D eigenvalue weighted by Gasteiger charge is -2.29. The Morgan fingerprint density at radius 1 is 1.09 bits per heavy atom. The molecule has 3 heterocycles. The molecule has 3 aliphatic rings. The lowest BCUT2D eigenvalue weighted by molar-refractivity contribution is -0.907. The van der Waals surface area contributed by atoms with E-state index in [4.69, 9.17) is 25.8 Å². The monoisotopic (exact) mass is 471 g/mol. The third-order valence-corrected chi connectivity index (χ3v) is 6.49. The first-order valence-corrected chi connectivity index (χ1v) is 11.3. The van der Waals surface area contributed by atoms with E-state index in [0.29, 0.717) is 54.0 Å². The zero-order valence-electron chi connectivity index (χ0n) is 17.9. The van der Waals surface area contributed by atoms with Crippen LogP contribution in [-0.4, -0.2) is 67.9 Å². The van der Waals surface area contributed by atoms with Gasteiger partial charge in [-0.2, -0.15) is 0 Å². The molecule has 172 valence electrons. The summed E-state index contributed by atoms with van der Waals surface area (Å²) in [6.45, 7) is 4.20. The summed E-state index contributed by atoms with van der Waals surface area (Å²) in [4.78, 5) is 29.1. The first kappa shape index (κ1) is 21.8. The number of benzene rings is 2. The van der Waals surface area contributed by atoms with Gasteiger partial charge in [-0.05, 0) is 35.9 Å². The highest BCUT2D eigenvalue weighted by molar-refractivity contribution is 6.46. The molecule has 2 aromatic rings. The highest BCUT2D eigenvalue weighted by Crippen LogP contribution is 2.41. The van der Waals surface area contributed by atoms with Gasteiger partial charge in [0.25, 0.3) is 11.7 Å². The number of morpholine rings is 1. The van der Waals surface area contributed by atoms with Gasteiger partial charge in [0.15, 0.2) is 11.5 Å². The second-order valence-electron chi connectivity index (χ2n) is 8.23. The highest BCUT2D eigenvalue weighted by atomic mass is 35.5. The summed E-state index contributed by atoms with van der Waals surface area (Å²) >= 11 is 6.24. The molecule has 1 atom stereocenters. The van der Waals surface area contributed by atoms with E-state index in [2.05, 4.69) is 0 Å². The van der Waals surface area contributed by atoms with Crippen molar-refractivity contribution in [2.24, 2.45) is 0 Å². The summed E-state index contributed by atoms with van der Waals surface area (Å²) in [5.41, 5.74) is 1.09. The Kier molecular flexibility index (Phi) is 5.97. The van der Waals surface area contributed by atoms with Crippen LogP contribution in [0.3, 0.4) is 0 Å². The third kappa shape index (κ3) is 4.17. The molecule has 0 bridgehead atoms. The predicted octanol–water partition coefficient (Wildman–Crippen LogP) is 1.41. The van der Waals surface area contributed by atoms with E-state index >= 15 is 0 Å². The number of aliphatic hydroxyl groups is 1. The molecule has 0 aliphatic carbocycles. The van der Waals surface area contributed by atoms with E-state index in [0.717, 1.165) is 13.1 Å². The van der Waals surface area contributed by atoms with Gasteiger partial charge >= 0.3 is 0 Å². The zero-order valence-corrected chi connectivity index (χ0v) is 18.6. The van der Waals surface area contributed by atoms with E-state index in [1.54, 1.807) is 36.4 Å². The molecule has 0 saturated carbocycles. The summed E-state index contributed by atoms with van der Waals surface area (Å²) in [6.07, 6.45) is 0. The van der Waals surface area contributed by atoms with Gasteiger partial charge in [0, 0.05) is 10.6 Å². The van der Waals surface area contributed by atoms with Crippen molar-refractivity contribution in [1.82, 2.24) is 4.90 Å². The van der Waals surface area contributed by atoms with E-state index in [1.807, 2.05) is 6.07 Å². The Morgan fingerprint density at radius 2 is 1.88 bits per heavy atom. The number of fused-ring (bicyclic) bond motifs is 1. The fourth-order valence-electron chi connectivity index (χ4n) is 4.52. The number of ether oxygens (including phenoxy) is 3. The van der Waals surface area contributed by atoms with Gasteiger partial charge in [0.2, 0.25) is 6.79 Å². The van der Waals surface area contributed by atoms with Crippen molar-refractivity contribution in [3.05, 3.63) is 64.2 Å². The van der Waals surface area contributed by atoms with Gasteiger partial charge in [0.1, 0.15) is 18.8 Å². The van der Waals surface area contributed by atoms with Crippen LogP contribution in [0.25, 0.3) is 5.76 Å². The van der Waals surface area contributed by atoms with Crippen LogP contribution in [0.15, 0.2) is 48.0 Å². The van der Waals surface area contributed by atoms with Crippen molar-refractivity contribution in [2.45, 2.75) is 6.04 Å². The normalized spacial score (nSPS) is 22.2. The SMILES string of the molecule is O=C1C(=O)N(CC[NH+]2CCOCC2)C(c2cccc(Cl)c2)C1=C(O)c1ccc2c(c1)OCO2. The molecule has 2 fully saturated rings. The minimum atomic E-state index is -0.741. The van der Waals surface area contributed by atoms with Crippen LogP contribution in [0.4, 0.5) is 0 Å². The van der Waals surface area contributed by atoms with Crippen molar-refractivity contribution in [3.63, 3.8) is 0 Å². The van der Waals surface area contributed by atoms with Gasteiger partial charge in [-0.1, -0.05) is 23.7 Å². The Bertz CT molecular complexity index is 1130. The number of Topliss-reactive ketones (excluding diaryl/α,β-unsaturated/α-hetero) is 1. The smallest absolute Gasteiger partial charge is 0.295 e. The molecule has 8 nitrogen and oxygen atoms in total. The topological polar surface area (TPSA) is 89.7 Å². The molecule has 2 N–H and O–H groups in total. The number of hydrogen-bond donors (Lipinski definition) is 2. The highest BCUT2D eigenvalue weighted by Gasteiger charge is 2.46. The standard InChI is InChI=1S/C24H23ClN2O6/c25-17-3-1-2-15(12-17)21-20(22(28)16-4-5-18-19(13-16)33-14-32-18)23(29)24(30)27(21)7-6-26-8-10-31-11-9-26/h1-5,12-13,21,28H,6-11,14H2/p+1. The second kappa shape index (κ2) is 9.05. The number of amides is 1. The van der Waals surface area contributed by atoms with Crippen LogP contribution in [0, 0.1) is 0 Å². The van der Waals surface area contributed by atoms with E-state index in [1.165, 1.54) is 9.80 Å². The molecular formula is C24H24ClN2O6+. The second-order valence-corrected chi connectivity index (χ2v) is 8.66. The number of likely N-dealkylation sites (tertiary alicyclic amines) is 1. The maximum atomic E-state index is 13.2. The molecule has 1 unspecified atom stereocenters. The number of nitrogens with one attached hydrogen (secondary N) is 1. The number of ketones is 1. The molecular weight excluding hydrogens is 448 g/mol. The number of carbonyl (C=O) groups is 2. The summed E-state index contributed by atoms with van der Waals surface area (Å²) < 4.78 is 16.2. The first-order chi connectivity index (χ1) is 16.0. The zero-order chi connectivity index (χ0) is 22.9. The minimum absolute atomic E-state index is 0.0399. The van der Waals surface area contributed by atoms with Crippen molar-refractivity contribution in [2.75, 3.05) is 46.2 Å². The van der Waals surface area contributed by atoms with Crippen molar-refractivity contribution >= 4 is 29.1 Å². The van der Waals surface area contributed by atoms with Crippen LogP contribution < -0.4 is 14.4 Å². The first-order valence-electron chi connectivity index (χ1n) is 10.9. The van der Waals surface area contributed by atoms with Crippen LogP contribution in [-0.2, 0) is 14.3 Å². The van der Waals surface area contributed by atoms with Crippen molar-refractivity contribution in [1.29, 1.82) is 0 Å². The predicted molar refractivity (Wildman–Crippen MR) is 119 cm³/mol. The van der Waals surface area contributed by atoms with Crippen molar-refractivity contribution < 1.29 is 33.8 Å². The number of aliphatic hydroxyl groups excluding tert-OH is 1. The van der Waals surface area contributed by atoms with Crippen LogP contribution in [0.2, 0.25) is 5.02 Å². The van der Waals surface area contributed by atoms with E-state index in [-0.39, 0.29) is 18.1 Å². The number of rotatable bonds is 5. The largest absolute Gasteiger partial charge is 0.507 e. The average molecular weight is 472 g/mol. The summed E-state index contributed by atoms with van der Waals surface area (Å²) in [5, 5.41) is 11.7. The molecule has 0 aromatic heterocycles. The summed E-state index contributed by atoms with van der Waals surface area (Å²) in [5.74, 6) is -0.560. The van der Waals surface area contributed by atoms with Gasteiger partial charge in [-0.25, -0.2) is 0 Å². The Hall–Kier alpha value is -3.07. The molecule has 3 aliphatic heterocycles.